The summed E-state index contributed by atoms with van der Waals surface area (Å²) in [6.07, 6.45) is 0. The van der Waals surface area contributed by atoms with Crippen LogP contribution in [0.4, 0.5) is 11.4 Å². The molecule has 0 saturated carbocycles. The highest BCUT2D eigenvalue weighted by molar-refractivity contribution is 9.10. The molecule has 2 amide bonds. The van der Waals surface area contributed by atoms with Crippen molar-refractivity contribution in [3.63, 3.8) is 0 Å². The zero-order valence-corrected chi connectivity index (χ0v) is 24.9. The smallest absolute Gasteiger partial charge is 0.255 e. The normalized spacial score (nSPS) is 15.4. The van der Waals surface area contributed by atoms with Crippen LogP contribution in [-0.2, 0) is 6.54 Å². The number of amides is 2. The summed E-state index contributed by atoms with van der Waals surface area (Å²) in [5.74, 6) is 0.615. The van der Waals surface area contributed by atoms with Crippen LogP contribution in [0.15, 0.2) is 71.2 Å². The number of carbonyl (C=O) groups is 2. The van der Waals surface area contributed by atoms with Gasteiger partial charge >= 0.3 is 0 Å². The van der Waals surface area contributed by atoms with Crippen LogP contribution < -0.4 is 20.1 Å². The number of benzene rings is 3. The Bertz CT molecular complexity index is 1640. The molecule has 0 bridgehead atoms. The van der Waals surface area contributed by atoms with Gasteiger partial charge in [0.25, 0.3) is 11.8 Å². The van der Waals surface area contributed by atoms with Gasteiger partial charge in [0.2, 0.25) is 0 Å². The van der Waals surface area contributed by atoms with E-state index in [2.05, 4.69) is 43.3 Å². The van der Waals surface area contributed by atoms with E-state index in [0.717, 1.165) is 55.9 Å². The van der Waals surface area contributed by atoms with E-state index in [9.17, 15) is 9.59 Å². The number of hydrogen-bond acceptors (Lipinski definition) is 7. The number of likely N-dealkylation sites (N-methyl/N-ethyl adjacent to an activating group) is 1. The molecule has 0 atom stereocenters. The van der Waals surface area contributed by atoms with Crippen molar-refractivity contribution in [2.24, 2.45) is 0 Å². The number of nitrogens with zero attached hydrogens (tertiary/aromatic N) is 3. The number of ether oxygens (including phenoxy) is 2. The molecular formula is C32H32BrN5O4. The summed E-state index contributed by atoms with van der Waals surface area (Å²) in [5.41, 5.74) is 3.94. The third-order valence-corrected chi connectivity index (χ3v) is 8.28. The second kappa shape index (κ2) is 12.5. The third-order valence-electron chi connectivity index (χ3n) is 7.58. The average Bonchev–Trinajstić information content (AvgIpc) is 3.02. The van der Waals surface area contributed by atoms with Crippen molar-refractivity contribution >= 4 is 50.0 Å². The largest absolute Gasteiger partial charge is 0.486 e. The first kappa shape index (κ1) is 28.1. The Balaban J connectivity index is 1.11. The van der Waals surface area contributed by atoms with Crippen molar-refractivity contribution in [2.75, 3.05) is 56.6 Å². The van der Waals surface area contributed by atoms with Gasteiger partial charge in [-0.3, -0.25) is 19.5 Å². The molecule has 9 nitrogen and oxygen atoms in total. The fraction of sp³-hybridized carbons (Fsp3) is 0.281. The topological polar surface area (TPSA) is 96.0 Å². The summed E-state index contributed by atoms with van der Waals surface area (Å²) in [4.78, 5) is 35.9. The van der Waals surface area contributed by atoms with Gasteiger partial charge < -0.3 is 25.0 Å². The summed E-state index contributed by atoms with van der Waals surface area (Å²) in [7, 11) is 0. The van der Waals surface area contributed by atoms with Gasteiger partial charge in [-0.05, 0) is 83.1 Å². The van der Waals surface area contributed by atoms with Crippen LogP contribution in [0.5, 0.6) is 11.5 Å². The molecule has 0 spiro atoms. The van der Waals surface area contributed by atoms with Crippen LogP contribution >= 0.6 is 15.9 Å². The van der Waals surface area contributed by atoms with Gasteiger partial charge in [0, 0.05) is 59.4 Å². The van der Waals surface area contributed by atoms with Gasteiger partial charge in [-0.25, -0.2) is 0 Å². The number of pyridine rings is 1. The Morgan fingerprint density at radius 3 is 2.33 bits per heavy atom. The number of hydrogen-bond donors (Lipinski definition) is 2. The number of piperazine rings is 1. The second-order valence-corrected chi connectivity index (χ2v) is 11.2. The molecule has 216 valence electrons. The molecule has 4 aromatic rings. The maximum atomic E-state index is 13.2. The standard InChI is InChI=1S/C32H32BrN5O4/c1-2-37-11-13-38(14-12-37)20-25-6-3-21-17-22(4-9-27(21)34-25)32(40)36-28-19-24(7-8-26(28)33)35-31(39)23-5-10-29-30(18-23)42-16-15-41-29/h3-10,17-19H,2,11-16,20H2,1H3,(H,35,39)(H,36,40). The van der Waals surface area contributed by atoms with Crippen LogP contribution in [0.3, 0.4) is 0 Å². The molecular weight excluding hydrogens is 598 g/mol. The Kier molecular flexibility index (Phi) is 8.36. The van der Waals surface area contributed by atoms with Crippen molar-refractivity contribution in [1.29, 1.82) is 0 Å². The van der Waals surface area contributed by atoms with Gasteiger partial charge in [0.05, 0.1) is 16.9 Å². The van der Waals surface area contributed by atoms with Gasteiger partial charge in [-0.1, -0.05) is 13.0 Å². The number of rotatable bonds is 7. The molecule has 0 radical (unpaired) electrons. The third kappa shape index (κ3) is 6.41. The summed E-state index contributed by atoms with van der Waals surface area (Å²) in [6, 6.07) is 19.9. The first-order chi connectivity index (χ1) is 20.4. The van der Waals surface area contributed by atoms with Crippen LogP contribution in [0.25, 0.3) is 10.9 Å². The molecule has 0 aliphatic carbocycles. The fourth-order valence-electron chi connectivity index (χ4n) is 5.17. The van der Waals surface area contributed by atoms with Crippen molar-refractivity contribution < 1.29 is 19.1 Å². The summed E-state index contributed by atoms with van der Waals surface area (Å²) in [5, 5.41) is 6.75. The van der Waals surface area contributed by atoms with Crippen LogP contribution in [0.1, 0.15) is 33.3 Å². The minimum atomic E-state index is -0.295. The molecule has 0 unspecified atom stereocenters. The van der Waals surface area contributed by atoms with Crippen molar-refractivity contribution in [1.82, 2.24) is 14.8 Å². The molecule has 3 heterocycles. The minimum Gasteiger partial charge on any atom is -0.486 e. The predicted octanol–water partition coefficient (Wildman–Crippen LogP) is 5.41. The van der Waals surface area contributed by atoms with Crippen LogP contribution in [0, 0.1) is 0 Å². The molecule has 2 aliphatic heterocycles. The quantitative estimate of drug-likeness (QED) is 0.282. The van der Waals surface area contributed by atoms with Crippen molar-refractivity contribution in [3.8, 4) is 11.5 Å². The Morgan fingerprint density at radius 2 is 1.52 bits per heavy atom. The predicted molar refractivity (Wildman–Crippen MR) is 167 cm³/mol. The highest BCUT2D eigenvalue weighted by Crippen LogP contribution is 2.32. The highest BCUT2D eigenvalue weighted by Gasteiger charge is 2.18. The maximum Gasteiger partial charge on any atom is 0.255 e. The van der Waals surface area contributed by atoms with E-state index in [0.29, 0.717) is 51.7 Å². The lowest BCUT2D eigenvalue weighted by molar-refractivity contribution is 0.101. The molecule has 2 aliphatic rings. The molecule has 1 saturated heterocycles. The van der Waals surface area contributed by atoms with Crippen molar-refractivity contribution in [3.05, 3.63) is 88.0 Å². The van der Waals surface area contributed by atoms with Gasteiger partial charge in [0.15, 0.2) is 11.5 Å². The van der Waals surface area contributed by atoms with E-state index >= 15 is 0 Å². The number of nitrogens with one attached hydrogen (secondary N) is 2. The lowest BCUT2D eigenvalue weighted by Gasteiger charge is -2.33. The Labute approximate surface area is 252 Å². The lowest BCUT2D eigenvalue weighted by atomic mass is 10.1. The van der Waals surface area contributed by atoms with E-state index in [1.54, 1.807) is 42.5 Å². The second-order valence-electron chi connectivity index (χ2n) is 10.4. The fourth-order valence-corrected chi connectivity index (χ4v) is 5.52. The van der Waals surface area contributed by atoms with E-state index in [1.165, 1.54) is 0 Å². The van der Waals surface area contributed by atoms with Crippen molar-refractivity contribution in [2.45, 2.75) is 13.5 Å². The number of aromatic nitrogens is 1. The number of fused-ring (bicyclic) bond motifs is 2. The van der Waals surface area contributed by atoms with E-state index in [4.69, 9.17) is 14.5 Å². The molecule has 3 aromatic carbocycles. The summed E-state index contributed by atoms with van der Waals surface area (Å²) >= 11 is 3.51. The molecule has 1 fully saturated rings. The first-order valence-electron chi connectivity index (χ1n) is 14.1. The van der Waals surface area contributed by atoms with Gasteiger partial charge in [-0.15, -0.1) is 0 Å². The van der Waals surface area contributed by atoms with Gasteiger partial charge in [0.1, 0.15) is 13.2 Å². The molecule has 42 heavy (non-hydrogen) atoms. The van der Waals surface area contributed by atoms with Gasteiger partial charge in [-0.2, -0.15) is 0 Å². The molecule has 6 rings (SSSR count). The number of halogens is 1. The summed E-state index contributed by atoms with van der Waals surface area (Å²) < 4.78 is 11.8. The zero-order chi connectivity index (χ0) is 29.1. The minimum absolute atomic E-state index is 0.259. The SMILES string of the molecule is CCN1CCN(Cc2ccc3cc(C(=O)Nc4cc(NC(=O)c5ccc6c(c5)OCCO6)ccc4Br)ccc3n2)CC1. The van der Waals surface area contributed by atoms with E-state index < -0.39 is 0 Å². The molecule has 2 N–H and O–H groups in total. The van der Waals surface area contributed by atoms with E-state index in [-0.39, 0.29) is 11.8 Å². The maximum absolute atomic E-state index is 13.2. The Hall–Kier alpha value is -3.99. The first-order valence-corrected chi connectivity index (χ1v) is 14.9. The Morgan fingerprint density at radius 1 is 0.810 bits per heavy atom. The van der Waals surface area contributed by atoms with E-state index in [1.807, 2.05) is 24.3 Å². The number of anilines is 2. The summed E-state index contributed by atoms with van der Waals surface area (Å²) in [6.45, 7) is 9.33. The van der Waals surface area contributed by atoms with Crippen LogP contribution in [-0.4, -0.2) is 72.5 Å². The molecule has 1 aromatic heterocycles. The van der Waals surface area contributed by atoms with Crippen LogP contribution in [0.2, 0.25) is 0 Å². The number of carbonyl (C=O) groups excluding carboxylic acids is 2. The molecule has 10 heteroatoms. The highest BCUT2D eigenvalue weighted by atomic mass is 79.9. The average molecular weight is 631 g/mol. The monoisotopic (exact) mass is 629 g/mol. The lowest BCUT2D eigenvalue weighted by Crippen LogP contribution is -2.45. The zero-order valence-electron chi connectivity index (χ0n) is 23.4.